The number of carbonyl (C=O) groups excluding carboxylic acids is 5. The third-order valence-corrected chi connectivity index (χ3v) is 12.1. The van der Waals surface area contributed by atoms with Crippen molar-refractivity contribution in [2.24, 2.45) is 17.1 Å². The van der Waals surface area contributed by atoms with Crippen LogP contribution in [-0.2, 0) is 54.3 Å². The molecule has 1 aliphatic rings. The van der Waals surface area contributed by atoms with Crippen molar-refractivity contribution >= 4 is 47.0 Å². The number of nitrogens with two attached hydrogens (primary N) is 1. The number of Topliss-reactive ketones (excluding diaryl/α,β-unsaturated/α-hetero) is 2. The maximum Gasteiger partial charge on any atom is 0.307 e. The number of aliphatic carboxylic acids is 1. The van der Waals surface area contributed by atoms with Gasteiger partial charge < -0.3 is 39.3 Å². The number of hydrogen-bond acceptors (Lipinski definition) is 12. The van der Waals surface area contributed by atoms with Crippen LogP contribution in [0.5, 0.6) is 0 Å². The second kappa shape index (κ2) is 29.0. The number of carbonyl (C=O) groups is 6. The van der Waals surface area contributed by atoms with Gasteiger partial charge >= 0.3 is 5.97 Å². The van der Waals surface area contributed by atoms with Gasteiger partial charge in [0.2, 0.25) is 5.91 Å². The number of amides is 3. The van der Waals surface area contributed by atoms with Crippen molar-refractivity contribution in [2.45, 2.75) is 71.9 Å². The fourth-order valence-corrected chi connectivity index (χ4v) is 8.57. The molecular weight excluding hydrogens is 903 g/mol. The summed E-state index contributed by atoms with van der Waals surface area (Å²) in [4.78, 5) is 77.2. The Hall–Kier alpha value is -5.11. The summed E-state index contributed by atoms with van der Waals surface area (Å²) >= 11 is 1.14. The lowest BCUT2D eigenvalue weighted by molar-refractivity contribution is -0.143. The van der Waals surface area contributed by atoms with Crippen LogP contribution < -0.4 is 5.73 Å². The summed E-state index contributed by atoms with van der Waals surface area (Å²) in [5.41, 5.74) is 7.65. The Balaban J connectivity index is 1.16. The predicted molar refractivity (Wildman–Crippen MR) is 254 cm³/mol. The van der Waals surface area contributed by atoms with Crippen LogP contribution in [0.3, 0.4) is 0 Å². The molecule has 0 saturated carbocycles. The lowest BCUT2D eigenvalue weighted by Gasteiger charge is -2.41. The minimum Gasteiger partial charge on any atom is -0.481 e. The van der Waals surface area contributed by atoms with Gasteiger partial charge in [-0.2, -0.15) is 11.8 Å². The number of nitrogens with zero attached hydrogens (tertiary/aromatic N) is 3. The third-order valence-electron chi connectivity index (χ3n) is 11.0. The van der Waals surface area contributed by atoms with E-state index in [2.05, 4.69) is 0 Å². The van der Waals surface area contributed by atoms with Gasteiger partial charge in [0.25, 0.3) is 11.8 Å². The van der Waals surface area contributed by atoms with E-state index in [1.807, 2.05) is 55.7 Å². The smallest absolute Gasteiger partial charge is 0.307 e. The molecule has 18 heteroatoms. The first kappa shape index (κ1) is 55.5. The van der Waals surface area contributed by atoms with Crippen molar-refractivity contribution in [1.82, 2.24) is 14.4 Å². The lowest BCUT2D eigenvalue weighted by atomic mass is 9.83. The van der Waals surface area contributed by atoms with Crippen LogP contribution >= 0.6 is 11.8 Å². The van der Waals surface area contributed by atoms with E-state index in [0.29, 0.717) is 77.5 Å². The number of ether oxygens (including phenoxy) is 4. The lowest BCUT2D eigenvalue weighted by Crippen LogP contribution is -2.44. The molecule has 68 heavy (non-hydrogen) atoms. The molecule has 1 aliphatic heterocycles. The average Bonchev–Trinajstić information content (AvgIpc) is 3.85. The largest absolute Gasteiger partial charge is 0.481 e. The number of imide groups is 1. The fraction of sp³-hybridized carbons (Fsp3) is 0.520. The molecule has 3 aromatic rings. The second-order valence-corrected chi connectivity index (χ2v) is 18.5. The molecule has 3 N–H and O–H groups in total. The molecule has 2 heterocycles. The Bertz CT molecular complexity index is 2130. The summed E-state index contributed by atoms with van der Waals surface area (Å²) in [7, 11) is 0. The van der Waals surface area contributed by atoms with Crippen molar-refractivity contribution in [1.29, 1.82) is 0 Å². The molecule has 0 radical (unpaired) electrons. The molecule has 2 aromatic carbocycles. The first-order valence-electron chi connectivity index (χ1n) is 23.0. The molecule has 2 atom stereocenters. The number of ketones is 2. The fourth-order valence-electron chi connectivity index (χ4n) is 7.57. The van der Waals surface area contributed by atoms with Gasteiger partial charge in [0.05, 0.1) is 64.0 Å². The predicted octanol–water partition coefficient (Wildman–Crippen LogP) is 6.26. The molecular formula is C50H66F2N4O11S. The molecule has 3 amide bonds. The zero-order valence-corrected chi connectivity index (χ0v) is 40.2. The topological polar surface area (TPSA) is 197 Å². The quantitative estimate of drug-likeness (QED) is 0.0503. The van der Waals surface area contributed by atoms with Crippen LogP contribution in [0.2, 0.25) is 0 Å². The Morgan fingerprint density at radius 1 is 0.794 bits per heavy atom. The normalized spacial score (nSPS) is 13.6. The summed E-state index contributed by atoms with van der Waals surface area (Å²) in [6, 6.07) is 14.2. The summed E-state index contributed by atoms with van der Waals surface area (Å²) < 4.78 is 53.5. The Morgan fingerprint density at radius 3 is 2.04 bits per heavy atom. The van der Waals surface area contributed by atoms with Gasteiger partial charge in [-0.25, -0.2) is 8.78 Å². The number of benzene rings is 2. The Labute approximate surface area is 401 Å². The Morgan fingerprint density at radius 2 is 1.43 bits per heavy atom. The zero-order valence-electron chi connectivity index (χ0n) is 39.3. The first-order valence-corrected chi connectivity index (χ1v) is 24.1. The van der Waals surface area contributed by atoms with Gasteiger partial charge in [0, 0.05) is 92.8 Å². The number of thioether (sulfide) groups is 1. The van der Waals surface area contributed by atoms with Crippen molar-refractivity contribution in [3.05, 3.63) is 95.8 Å². The van der Waals surface area contributed by atoms with Crippen LogP contribution in [0.25, 0.3) is 11.1 Å². The van der Waals surface area contributed by atoms with Crippen molar-refractivity contribution < 1.29 is 61.6 Å². The molecule has 0 saturated heterocycles. The third kappa shape index (κ3) is 18.8. The highest BCUT2D eigenvalue weighted by atomic mass is 32.2. The minimum atomic E-state index is -1.14. The van der Waals surface area contributed by atoms with Crippen molar-refractivity contribution in [3.63, 3.8) is 0 Å². The van der Waals surface area contributed by atoms with Gasteiger partial charge in [-0.3, -0.25) is 33.7 Å². The summed E-state index contributed by atoms with van der Waals surface area (Å²) in [6.45, 7) is 9.41. The molecule has 0 fully saturated rings. The summed E-state index contributed by atoms with van der Waals surface area (Å²) in [5.74, 6) is -4.71. The van der Waals surface area contributed by atoms with Gasteiger partial charge in [-0.05, 0) is 54.6 Å². The van der Waals surface area contributed by atoms with E-state index in [-0.39, 0.29) is 80.2 Å². The highest BCUT2D eigenvalue weighted by molar-refractivity contribution is 7.99. The van der Waals surface area contributed by atoms with Crippen molar-refractivity contribution in [2.75, 3.05) is 84.0 Å². The summed E-state index contributed by atoms with van der Waals surface area (Å²) in [5, 5.41) is 9.99. The molecule has 372 valence electrons. The van der Waals surface area contributed by atoms with Crippen LogP contribution in [0.15, 0.2) is 72.9 Å². The molecule has 0 bridgehead atoms. The molecule has 0 spiro atoms. The van der Waals surface area contributed by atoms with Gasteiger partial charge in [-0.1, -0.05) is 51.1 Å². The monoisotopic (exact) mass is 968 g/mol. The highest BCUT2D eigenvalue weighted by Crippen LogP contribution is 2.41. The van der Waals surface area contributed by atoms with E-state index < -0.39 is 46.8 Å². The van der Waals surface area contributed by atoms with E-state index in [0.717, 1.165) is 46.1 Å². The van der Waals surface area contributed by atoms with E-state index in [9.17, 15) is 38.3 Å². The summed E-state index contributed by atoms with van der Waals surface area (Å²) in [6.07, 6.45) is 5.38. The maximum atomic E-state index is 15.1. The number of carboxylic acid groups (broad SMARTS) is 1. The number of rotatable bonds is 34. The SMILES string of the molecule is CC(C)(C)[C@H](c1cc(-c2cc(F)ccc2F)cn1Cc1ccccc1)N(CCCN)C(=O)CSC[C@H](CC(=O)CCOCCOCCOCCOCCCC(=O)CCN1C(=O)C=CC1=O)C(=O)O. The van der Waals surface area contributed by atoms with Crippen LogP contribution in [0, 0.1) is 23.0 Å². The Kier molecular flexibility index (Phi) is 23.7. The van der Waals surface area contributed by atoms with E-state index in [4.69, 9.17) is 24.7 Å². The van der Waals surface area contributed by atoms with Crippen LogP contribution in [0.4, 0.5) is 8.78 Å². The zero-order chi connectivity index (χ0) is 49.5. The van der Waals surface area contributed by atoms with E-state index in [1.54, 1.807) is 17.2 Å². The number of halogens is 2. The van der Waals surface area contributed by atoms with Crippen molar-refractivity contribution in [3.8, 4) is 11.1 Å². The average molecular weight is 969 g/mol. The molecule has 4 rings (SSSR count). The van der Waals surface area contributed by atoms with E-state index in [1.165, 1.54) is 12.2 Å². The highest BCUT2D eigenvalue weighted by Gasteiger charge is 2.37. The number of carboxylic acids is 1. The number of hydrogen-bond donors (Lipinski definition) is 2. The molecule has 1 aromatic heterocycles. The van der Waals surface area contributed by atoms with Gasteiger partial charge in [-0.15, -0.1) is 0 Å². The van der Waals surface area contributed by atoms with Gasteiger partial charge in [0.1, 0.15) is 23.2 Å². The molecule has 0 unspecified atom stereocenters. The van der Waals surface area contributed by atoms with Gasteiger partial charge in [0.15, 0.2) is 0 Å². The van der Waals surface area contributed by atoms with Crippen LogP contribution in [-0.4, -0.2) is 139 Å². The van der Waals surface area contributed by atoms with E-state index >= 15 is 4.39 Å². The standard InChI is InChI=1S/C50H66F2N4O11S/c1-50(2,3)48(44-30-37(42-31-39(51)12-13-43(42)52)33-54(44)32-36-9-5-4-6-10-36)56(19-8-18-53)47(61)35-68-34-38(49(62)63)29-41(58)17-22-65-24-26-67-28-27-66-25-23-64-21-7-11-40(57)16-20-55-45(59)14-15-46(55)60/h4-6,9-10,12-15,30-31,33,38,48H,7-8,11,16-29,32,34-35,53H2,1-3H3,(H,62,63)/t38-,48-/m0/s1. The first-order chi connectivity index (χ1) is 32.6. The number of aromatic nitrogens is 1. The maximum absolute atomic E-state index is 15.1. The molecule has 15 nitrogen and oxygen atoms in total. The minimum absolute atomic E-state index is 0.0211. The van der Waals surface area contributed by atoms with Crippen LogP contribution in [0.1, 0.15) is 76.6 Å². The molecule has 0 aliphatic carbocycles. The second-order valence-electron chi connectivity index (χ2n) is 17.4.